The number of sulfonamides is 1. The Balaban J connectivity index is 1.80. The Morgan fingerprint density at radius 1 is 0.941 bits per heavy atom. The minimum atomic E-state index is -4.58. The van der Waals surface area contributed by atoms with Crippen molar-refractivity contribution in [1.29, 1.82) is 0 Å². The number of fused-ring (bicyclic) bond motifs is 1. The van der Waals surface area contributed by atoms with Gasteiger partial charge in [0.25, 0.3) is 10.0 Å². The predicted octanol–water partition coefficient (Wildman–Crippen LogP) is 3.51. The fraction of sp³-hybridized carbons (Fsp3) is 0.375. The highest BCUT2D eigenvalue weighted by molar-refractivity contribution is 7.90. The van der Waals surface area contributed by atoms with E-state index in [1.165, 1.54) is 26.0 Å². The number of amides is 3. The van der Waals surface area contributed by atoms with Crippen LogP contribution in [0.3, 0.4) is 0 Å². The van der Waals surface area contributed by atoms with Crippen molar-refractivity contribution in [2.45, 2.75) is 44.6 Å². The van der Waals surface area contributed by atoms with Gasteiger partial charge in [0, 0.05) is 19.5 Å². The highest BCUT2D eigenvalue weighted by Gasteiger charge is 2.38. The Morgan fingerprint density at radius 2 is 1.59 bits per heavy atom. The molecule has 0 spiro atoms. The van der Waals surface area contributed by atoms with Crippen molar-refractivity contribution >= 4 is 28.1 Å². The largest absolute Gasteiger partial charge is 0.449 e. The molecule has 2 aromatic carbocycles. The summed E-state index contributed by atoms with van der Waals surface area (Å²) in [6, 6.07) is 14.1. The average Bonchev–Trinajstić information content (AvgIpc) is 2.82. The number of nitrogens with zero attached hydrogens (tertiary/aromatic N) is 2. The third-order valence-electron chi connectivity index (χ3n) is 5.42. The monoisotopic (exact) mass is 488 g/mol. The number of hydrogen-bond donors (Lipinski definition) is 0. The molecule has 0 aliphatic carbocycles. The number of carbonyl (C=O) groups is 3. The summed E-state index contributed by atoms with van der Waals surface area (Å²) in [7, 11) is -4.58. The van der Waals surface area contributed by atoms with Gasteiger partial charge in [-0.2, -0.15) is 0 Å². The molecular weight excluding hydrogens is 460 g/mol. The zero-order valence-electron chi connectivity index (χ0n) is 19.2. The van der Waals surface area contributed by atoms with E-state index in [4.69, 9.17) is 9.47 Å². The molecule has 1 aliphatic heterocycles. The van der Waals surface area contributed by atoms with Gasteiger partial charge in [0.05, 0.1) is 18.1 Å². The van der Waals surface area contributed by atoms with E-state index in [2.05, 4.69) is 0 Å². The molecule has 0 saturated carbocycles. The van der Waals surface area contributed by atoms with Crippen LogP contribution in [0.25, 0.3) is 0 Å². The van der Waals surface area contributed by atoms with Crippen LogP contribution in [0.5, 0.6) is 0 Å². The normalized spacial score (nSPS) is 13.1. The van der Waals surface area contributed by atoms with Gasteiger partial charge < -0.3 is 14.4 Å². The van der Waals surface area contributed by atoms with Crippen LogP contribution >= 0.6 is 0 Å². The maximum Gasteiger partial charge on any atom is 0.433 e. The van der Waals surface area contributed by atoms with E-state index in [9.17, 15) is 22.8 Å². The summed E-state index contributed by atoms with van der Waals surface area (Å²) in [6.07, 6.45) is -1.14. The van der Waals surface area contributed by atoms with E-state index >= 15 is 0 Å². The smallest absolute Gasteiger partial charge is 0.433 e. The lowest BCUT2D eigenvalue weighted by Crippen LogP contribution is -2.42. The number of benzene rings is 2. The first-order valence-electron chi connectivity index (χ1n) is 11.1. The quantitative estimate of drug-likeness (QED) is 0.586. The van der Waals surface area contributed by atoms with Crippen molar-refractivity contribution in [1.82, 2.24) is 9.21 Å². The summed E-state index contributed by atoms with van der Waals surface area (Å²) < 4.78 is 35.8. The zero-order chi connectivity index (χ0) is 24.7. The SMILES string of the molecule is CCOC(=O)N(C(=O)OCC)S(=O)(=O)c1ccc2c(c1)CN(C(=O)CCc1ccccc1)CC2. The Hall–Kier alpha value is -3.40. The predicted molar refractivity (Wildman–Crippen MR) is 123 cm³/mol. The molecule has 10 heteroatoms. The van der Waals surface area contributed by atoms with Crippen molar-refractivity contribution in [3.05, 3.63) is 65.2 Å². The molecule has 0 fully saturated rings. The van der Waals surface area contributed by atoms with Gasteiger partial charge in [-0.05, 0) is 55.5 Å². The second-order valence-corrected chi connectivity index (χ2v) is 9.44. The van der Waals surface area contributed by atoms with Gasteiger partial charge in [0.2, 0.25) is 5.91 Å². The second-order valence-electron chi connectivity index (χ2n) is 7.65. The number of imide groups is 1. The van der Waals surface area contributed by atoms with Crippen LogP contribution in [0.2, 0.25) is 0 Å². The standard InChI is InChI=1S/C24H28N2O7S/c1-3-32-23(28)26(24(29)33-4-2)34(30,31)21-12-11-19-14-15-25(17-20(19)16-21)22(27)13-10-18-8-6-5-7-9-18/h5-9,11-12,16H,3-4,10,13-15,17H2,1-2H3. The fourth-order valence-corrected chi connectivity index (χ4v) is 4.94. The van der Waals surface area contributed by atoms with Gasteiger partial charge in [-0.3, -0.25) is 4.79 Å². The minimum absolute atomic E-state index is 0.00661. The van der Waals surface area contributed by atoms with Crippen LogP contribution in [0, 0.1) is 0 Å². The van der Waals surface area contributed by atoms with Crippen LogP contribution in [0.15, 0.2) is 53.4 Å². The summed E-state index contributed by atoms with van der Waals surface area (Å²) in [5.41, 5.74) is 2.62. The number of rotatable bonds is 7. The van der Waals surface area contributed by atoms with Crippen LogP contribution in [-0.4, -0.2) is 55.5 Å². The maximum absolute atomic E-state index is 13.2. The highest BCUT2D eigenvalue weighted by atomic mass is 32.2. The number of aryl methyl sites for hydroxylation is 1. The Kier molecular flexibility index (Phi) is 8.27. The van der Waals surface area contributed by atoms with Gasteiger partial charge in [0.1, 0.15) is 0 Å². The molecule has 1 aliphatic rings. The maximum atomic E-state index is 13.2. The van der Waals surface area contributed by atoms with Gasteiger partial charge in [-0.1, -0.05) is 40.7 Å². The molecular formula is C24H28N2O7S. The summed E-state index contributed by atoms with van der Waals surface area (Å²) in [5, 5.41) is 0. The Bertz CT molecular complexity index is 1130. The Morgan fingerprint density at radius 3 is 2.21 bits per heavy atom. The lowest BCUT2D eigenvalue weighted by atomic mass is 9.99. The second kappa shape index (κ2) is 11.1. The first-order valence-corrected chi connectivity index (χ1v) is 12.5. The van der Waals surface area contributed by atoms with E-state index < -0.39 is 22.2 Å². The number of hydrogen-bond acceptors (Lipinski definition) is 7. The minimum Gasteiger partial charge on any atom is -0.449 e. The molecule has 0 atom stereocenters. The van der Waals surface area contributed by atoms with Crippen LogP contribution in [0.4, 0.5) is 9.59 Å². The first-order chi connectivity index (χ1) is 16.3. The molecule has 0 N–H and O–H groups in total. The summed E-state index contributed by atoms with van der Waals surface area (Å²) in [6.45, 7) is 3.53. The van der Waals surface area contributed by atoms with Crippen LogP contribution < -0.4 is 0 Å². The molecule has 0 aromatic heterocycles. The average molecular weight is 489 g/mol. The molecule has 1 heterocycles. The molecule has 0 unspecified atom stereocenters. The molecule has 0 radical (unpaired) electrons. The molecule has 3 rings (SSSR count). The molecule has 9 nitrogen and oxygen atoms in total. The third-order valence-corrected chi connectivity index (χ3v) is 7.05. The van der Waals surface area contributed by atoms with Gasteiger partial charge >= 0.3 is 12.2 Å². The van der Waals surface area contributed by atoms with E-state index in [1.807, 2.05) is 30.3 Å². The van der Waals surface area contributed by atoms with Crippen molar-refractivity contribution in [2.24, 2.45) is 0 Å². The zero-order valence-corrected chi connectivity index (χ0v) is 20.0. The summed E-state index contributed by atoms with van der Waals surface area (Å²) in [5.74, 6) is -0.0255. The summed E-state index contributed by atoms with van der Waals surface area (Å²) >= 11 is 0. The summed E-state index contributed by atoms with van der Waals surface area (Å²) in [4.78, 5) is 38.7. The molecule has 0 bridgehead atoms. The number of ether oxygens (including phenoxy) is 2. The van der Waals surface area contributed by atoms with Crippen molar-refractivity contribution in [3.8, 4) is 0 Å². The first kappa shape index (κ1) is 25.2. The lowest BCUT2D eigenvalue weighted by Gasteiger charge is -2.29. The molecule has 34 heavy (non-hydrogen) atoms. The van der Waals surface area contributed by atoms with Gasteiger partial charge in [0.15, 0.2) is 0 Å². The van der Waals surface area contributed by atoms with Crippen molar-refractivity contribution < 1.29 is 32.3 Å². The fourth-order valence-electron chi connectivity index (χ4n) is 3.70. The molecule has 3 amide bonds. The van der Waals surface area contributed by atoms with Gasteiger partial charge in [-0.15, -0.1) is 0 Å². The number of carbonyl (C=O) groups excluding carboxylic acids is 3. The van der Waals surface area contributed by atoms with Gasteiger partial charge in [-0.25, -0.2) is 18.0 Å². The third kappa shape index (κ3) is 5.74. The lowest BCUT2D eigenvalue weighted by molar-refractivity contribution is -0.132. The highest BCUT2D eigenvalue weighted by Crippen LogP contribution is 2.26. The van der Waals surface area contributed by atoms with Crippen molar-refractivity contribution in [3.63, 3.8) is 0 Å². The van der Waals surface area contributed by atoms with Crippen molar-refractivity contribution in [2.75, 3.05) is 19.8 Å². The Labute approximate surface area is 199 Å². The van der Waals surface area contributed by atoms with E-state index in [0.717, 1.165) is 11.1 Å². The van der Waals surface area contributed by atoms with E-state index in [-0.39, 0.29) is 34.9 Å². The topological polar surface area (TPSA) is 110 Å². The molecule has 182 valence electrons. The van der Waals surface area contributed by atoms with E-state index in [0.29, 0.717) is 31.4 Å². The molecule has 0 saturated heterocycles. The van der Waals surface area contributed by atoms with E-state index in [1.54, 1.807) is 11.0 Å². The van der Waals surface area contributed by atoms with Crippen LogP contribution in [-0.2, 0) is 43.7 Å². The molecule has 2 aromatic rings. The van der Waals surface area contributed by atoms with Crippen LogP contribution in [0.1, 0.15) is 37.0 Å².